The number of nitrogens with one attached hydrogen (secondary N) is 1. The normalized spacial score (nSPS) is 10.2. The summed E-state index contributed by atoms with van der Waals surface area (Å²) in [6.45, 7) is 0.571. The second kappa shape index (κ2) is 6.21. The van der Waals surface area contributed by atoms with Gasteiger partial charge in [-0.1, -0.05) is 44.0 Å². The van der Waals surface area contributed by atoms with Gasteiger partial charge in [0, 0.05) is 21.2 Å². The van der Waals surface area contributed by atoms with Crippen molar-refractivity contribution in [3.8, 4) is 0 Å². The molecule has 5 heteroatoms. The van der Waals surface area contributed by atoms with E-state index in [0.717, 1.165) is 14.5 Å². The molecule has 0 bridgehead atoms. The minimum absolute atomic E-state index is 0.254. The molecule has 98 valence electrons. The molecule has 0 unspecified atom stereocenters. The largest absolute Gasteiger partial charge is 0.478 e. The lowest BCUT2D eigenvalue weighted by Crippen LogP contribution is -2.06. The van der Waals surface area contributed by atoms with Gasteiger partial charge in [0.05, 0.1) is 5.56 Å². The fraction of sp³-hybridized carbons (Fsp3) is 0.0714. The van der Waals surface area contributed by atoms with Gasteiger partial charge in [-0.05, 0) is 35.9 Å². The van der Waals surface area contributed by atoms with Crippen LogP contribution in [-0.4, -0.2) is 11.1 Å². The van der Waals surface area contributed by atoms with Crippen LogP contribution in [0.25, 0.3) is 0 Å². The highest BCUT2D eigenvalue weighted by Crippen LogP contribution is 2.22. The maximum Gasteiger partial charge on any atom is 0.337 e. The van der Waals surface area contributed by atoms with Crippen LogP contribution in [0, 0.1) is 0 Å². The van der Waals surface area contributed by atoms with E-state index < -0.39 is 5.97 Å². The van der Waals surface area contributed by atoms with E-state index in [1.807, 2.05) is 30.3 Å². The van der Waals surface area contributed by atoms with Gasteiger partial charge in [0.25, 0.3) is 0 Å². The molecule has 19 heavy (non-hydrogen) atoms. The van der Waals surface area contributed by atoms with Gasteiger partial charge in [0.1, 0.15) is 0 Å². The molecule has 2 aromatic rings. The van der Waals surface area contributed by atoms with Gasteiger partial charge in [0.2, 0.25) is 0 Å². The molecule has 3 nitrogen and oxygen atoms in total. The molecule has 0 aliphatic carbocycles. The zero-order valence-corrected chi connectivity index (χ0v) is 13.0. The first-order chi connectivity index (χ1) is 9.06. The van der Waals surface area contributed by atoms with Gasteiger partial charge in [-0.3, -0.25) is 0 Å². The van der Waals surface area contributed by atoms with Crippen LogP contribution < -0.4 is 5.32 Å². The van der Waals surface area contributed by atoms with Gasteiger partial charge < -0.3 is 10.4 Å². The lowest BCUT2D eigenvalue weighted by molar-refractivity contribution is 0.0698. The Morgan fingerprint density at radius 3 is 2.53 bits per heavy atom. The standard InChI is InChI=1S/C14H11Br2NO2/c15-10-3-1-2-9(6-10)8-17-13-5-4-11(16)7-12(13)14(18)19/h1-7,17H,8H2,(H,18,19). The molecule has 0 amide bonds. The Bertz CT molecular complexity index is 614. The average molecular weight is 385 g/mol. The number of aromatic carboxylic acids is 1. The van der Waals surface area contributed by atoms with Crippen LogP contribution in [0.3, 0.4) is 0 Å². The smallest absolute Gasteiger partial charge is 0.337 e. The van der Waals surface area contributed by atoms with E-state index in [1.54, 1.807) is 12.1 Å². The molecular formula is C14H11Br2NO2. The average Bonchev–Trinajstić information content (AvgIpc) is 2.37. The molecule has 0 fully saturated rings. The summed E-state index contributed by atoms with van der Waals surface area (Å²) in [6, 6.07) is 13.0. The van der Waals surface area contributed by atoms with E-state index in [0.29, 0.717) is 12.2 Å². The van der Waals surface area contributed by atoms with E-state index in [1.165, 1.54) is 0 Å². The predicted octanol–water partition coefficient (Wildman–Crippen LogP) is 4.52. The first-order valence-electron chi connectivity index (χ1n) is 5.57. The molecule has 2 aromatic carbocycles. The highest BCUT2D eigenvalue weighted by molar-refractivity contribution is 9.10. The third-order valence-electron chi connectivity index (χ3n) is 2.58. The Morgan fingerprint density at radius 2 is 1.84 bits per heavy atom. The van der Waals surface area contributed by atoms with Crippen molar-refractivity contribution in [1.29, 1.82) is 0 Å². The zero-order valence-electron chi connectivity index (χ0n) is 9.86. The Morgan fingerprint density at radius 1 is 1.11 bits per heavy atom. The molecule has 0 heterocycles. The maximum absolute atomic E-state index is 11.2. The molecule has 0 aromatic heterocycles. The Kier molecular flexibility index (Phi) is 4.61. The lowest BCUT2D eigenvalue weighted by atomic mass is 10.1. The van der Waals surface area contributed by atoms with Crippen LogP contribution >= 0.6 is 31.9 Å². The summed E-state index contributed by atoms with van der Waals surface area (Å²) < 4.78 is 1.75. The fourth-order valence-corrected chi connectivity index (χ4v) is 2.50. The number of hydrogen-bond donors (Lipinski definition) is 2. The van der Waals surface area contributed by atoms with Crippen molar-refractivity contribution in [2.24, 2.45) is 0 Å². The molecule has 0 atom stereocenters. The van der Waals surface area contributed by atoms with Crippen molar-refractivity contribution in [3.63, 3.8) is 0 Å². The lowest BCUT2D eigenvalue weighted by Gasteiger charge is -2.10. The quantitative estimate of drug-likeness (QED) is 0.814. The predicted molar refractivity (Wildman–Crippen MR) is 82.6 cm³/mol. The first kappa shape index (κ1) is 14.1. The van der Waals surface area contributed by atoms with Crippen LogP contribution in [0.2, 0.25) is 0 Å². The summed E-state index contributed by atoms with van der Waals surface area (Å²) >= 11 is 6.68. The van der Waals surface area contributed by atoms with Gasteiger partial charge in [0.15, 0.2) is 0 Å². The van der Waals surface area contributed by atoms with Gasteiger partial charge in [-0.15, -0.1) is 0 Å². The summed E-state index contributed by atoms with van der Waals surface area (Å²) in [7, 11) is 0. The van der Waals surface area contributed by atoms with Crippen molar-refractivity contribution < 1.29 is 9.90 Å². The van der Waals surface area contributed by atoms with Crippen LogP contribution in [0.15, 0.2) is 51.4 Å². The van der Waals surface area contributed by atoms with Gasteiger partial charge >= 0.3 is 5.97 Å². The number of benzene rings is 2. The molecule has 0 aliphatic heterocycles. The summed E-state index contributed by atoms with van der Waals surface area (Å²) in [6.07, 6.45) is 0. The summed E-state index contributed by atoms with van der Waals surface area (Å²) in [5.41, 5.74) is 1.94. The number of rotatable bonds is 4. The van der Waals surface area contributed by atoms with Gasteiger partial charge in [-0.25, -0.2) is 4.79 Å². The minimum atomic E-state index is -0.946. The van der Waals surface area contributed by atoms with E-state index in [9.17, 15) is 4.79 Å². The first-order valence-corrected chi connectivity index (χ1v) is 7.16. The van der Waals surface area contributed by atoms with E-state index in [2.05, 4.69) is 37.2 Å². The SMILES string of the molecule is O=C(O)c1cc(Br)ccc1NCc1cccc(Br)c1. The third kappa shape index (κ3) is 3.81. The number of anilines is 1. The van der Waals surface area contributed by atoms with Crippen LogP contribution in [0.4, 0.5) is 5.69 Å². The van der Waals surface area contributed by atoms with Crippen molar-refractivity contribution in [2.45, 2.75) is 6.54 Å². The Balaban J connectivity index is 2.17. The van der Waals surface area contributed by atoms with E-state index >= 15 is 0 Å². The molecule has 2 N–H and O–H groups in total. The van der Waals surface area contributed by atoms with E-state index in [4.69, 9.17) is 5.11 Å². The summed E-state index contributed by atoms with van der Waals surface area (Å²) in [4.78, 5) is 11.2. The van der Waals surface area contributed by atoms with Crippen molar-refractivity contribution >= 4 is 43.5 Å². The highest BCUT2D eigenvalue weighted by Gasteiger charge is 2.10. The number of carboxylic acids is 1. The number of carbonyl (C=O) groups is 1. The molecule has 0 saturated carbocycles. The molecule has 0 saturated heterocycles. The van der Waals surface area contributed by atoms with Crippen LogP contribution in [-0.2, 0) is 6.54 Å². The second-order valence-electron chi connectivity index (χ2n) is 3.98. The van der Waals surface area contributed by atoms with Crippen LogP contribution in [0.5, 0.6) is 0 Å². The van der Waals surface area contributed by atoms with Crippen molar-refractivity contribution in [1.82, 2.24) is 0 Å². The Hall–Kier alpha value is -1.33. The molecule has 2 rings (SSSR count). The minimum Gasteiger partial charge on any atom is -0.478 e. The molecule has 0 radical (unpaired) electrons. The molecular weight excluding hydrogens is 374 g/mol. The number of carboxylic acid groups (broad SMARTS) is 1. The van der Waals surface area contributed by atoms with E-state index in [-0.39, 0.29) is 5.56 Å². The monoisotopic (exact) mass is 383 g/mol. The topological polar surface area (TPSA) is 49.3 Å². The summed E-state index contributed by atoms with van der Waals surface area (Å²) in [5.74, 6) is -0.946. The van der Waals surface area contributed by atoms with Crippen molar-refractivity contribution in [2.75, 3.05) is 5.32 Å². The summed E-state index contributed by atoms with van der Waals surface area (Å²) in [5, 5.41) is 12.3. The van der Waals surface area contributed by atoms with Crippen molar-refractivity contribution in [3.05, 3.63) is 62.5 Å². The number of halogens is 2. The maximum atomic E-state index is 11.2. The fourth-order valence-electron chi connectivity index (χ4n) is 1.69. The molecule has 0 aliphatic rings. The zero-order chi connectivity index (χ0) is 13.8. The number of hydrogen-bond acceptors (Lipinski definition) is 2. The molecule has 0 spiro atoms. The van der Waals surface area contributed by atoms with Crippen LogP contribution in [0.1, 0.15) is 15.9 Å². The Labute approximate surface area is 127 Å². The third-order valence-corrected chi connectivity index (χ3v) is 3.57. The second-order valence-corrected chi connectivity index (χ2v) is 5.81. The van der Waals surface area contributed by atoms with Gasteiger partial charge in [-0.2, -0.15) is 0 Å². The highest BCUT2D eigenvalue weighted by atomic mass is 79.9.